The molecule has 1 N–H and O–H groups in total. The molecule has 2 heterocycles. The third-order valence-electron chi connectivity index (χ3n) is 4.82. The van der Waals surface area contributed by atoms with E-state index in [1.807, 2.05) is 41.3 Å². The Balaban J connectivity index is 1.82. The molecule has 6 heteroatoms. The molecule has 0 unspecified atom stereocenters. The van der Waals surface area contributed by atoms with E-state index >= 15 is 0 Å². The molecule has 2 aromatic rings. The van der Waals surface area contributed by atoms with Crippen LogP contribution in [0.15, 0.2) is 36.4 Å². The van der Waals surface area contributed by atoms with Gasteiger partial charge in [-0.3, -0.25) is 4.79 Å². The Kier molecular flexibility index (Phi) is 6.27. The highest BCUT2D eigenvalue weighted by atomic mass is 16.2. The summed E-state index contributed by atoms with van der Waals surface area (Å²) in [6.07, 6.45) is 1.09. The van der Waals surface area contributed by atoms with Crippen molar-refractivity contribution in [3.8, 4) is 11.4 Å². The minimum atomic E-state index is 0.137. The zero-order valence-electron chi connectivity index (χ0n) is 16.5. The molecule has 1 aliphatic rings. The summed E-state index contributed by atoms with van der Waals surface area (Å²) in [6, 6.07) is 12.1. The molecule has 0 saturated carbocycles. The van der Waals surface area contributed by atoms with Crippen molar-refractivity contribution in [3.05, 3.63) is 36.4 Å². The molecule has 0 atom stereocenters. The highest BCUT2D eigenvalue weighted by Crippen LogP contribution is 2.23. The zero-order chi connectivity index (χ0) is 19.2. The molecule has 1 fully saturated rings. The SMILES string of the molecule is CC(=O)N1CCN(c2cc(NCCC(C)C)nc(-c3ccccc3)n2)CC1. The maximum absolute atomic E-state index is 11.6. The Morgan fingerprint density at radius 3 is 2.44 bits per heavy atom. The van der Waals surface area contributed by atoms with Gasteiger partial charge in [0.2, 0.25) is 5.91 Å². The van der Waals surface area contributed by atoms with Gasteiger partial charge in [-0.2, -0.15) is 0 Å². The van der Waals surface area contributed by atoms with E-state index in [0.717, 1.165) is 62.2 Å². The average Bonchev–Trinajstić information content (AvgIpc) is 2.68. The van der Waals surface area contributed by atoms with Crippen LogP contribution in [0.5, 0.6) is 0 Å². The van der Waals surface area contributed by atoms with E-state index in [0.29, 0.717) is 5.92 Å². The van der Waals surface area contributed by atoms with Crippen molar-refractivity contribution in [2.24, 2.45) is 5.92 Å². The highest BCUT2D eigenvalue weighted by Gasteiger charge is 2.21. The van der Waals surface area contributed by atoms with Gasteiger partial charge in [0.05, 0.1) is 0 Å². The molecule has 0 spiro atoms. The first kappa shape index (κ1) is 19.1. The van der Waals surface area contributed by atoms with Crippen LogP contribution >= 0.6 is 0 Å². The normalized spacial score (nSPS) is 14.5. The number of rotatable bonds is 6. The summed E-state index contributed by atoms with van der Waals surface area (Å²) in [5, 5.41) is 3.45. The first-order valence-corrected chi connectivity index (χ1v) is 9.72. The second kappa shape index (κ2) is 8.84. The van der Waals surface area contributed by atoms with E-state index in [4.69, 9.17) is 9.97 Å². The number of hydrogen-bond acceptors (Lipinski definition) is 5. The lowest BCUT2D eigenvalue weighted by molar-refractivity contribution is -0.129. The summed E-state index contributed by atoms with van der Waals surface area (Å²) >= 11 is 0. The van der Waals surface area contributed by atoms with E-state index in [1.165, 1.54) is 0 Å². The lowest BCUT2D eigenvalue weighted by Gasteiger charge is -2.35. The first-order chi connectivity index (χ1) is 13.0. The van der Waals surface area contributed by atoms with Crippen molar-refractivity contribution >= 4 is 17.5 Å². The molecular formula is C21H29N5O. The minimum absolute atomic E-state index is 0.137. The molecule has 1 amide bonds. The highest BCUT2D eigenvalue weighted by molar-refractivity contribution is 5.73. The number of hydrogen-bond donors (Lipinski definition) is 1. The Labute approximate surface area is 161 Å². The quantitative estimate of drug-likeness (QED) is 0.849. The number of nitrogens with one attached hydrogen (secondary N) is 1. The van der Waals surface area contributed by atoms with Gasteiger partial charge in [-0.1, -0.05) is 44.2 Å². The lowest BCUT2D eigenvalue weighted by Crippen LogP contribution is -2.48. The molecule has 0 aliphatic carbocycles. The average molecular weight is 367 g/mol. The molecule has 0 radical (unpaired) electrons. The second-order valence-corrected chi connectivity index (χ2v) is 7.40. The fourth-order valence-electron chi connectivity index (χ4n) is 3.14. The van der Waals surface area contributed by atoms with E-state index < -0.39 is 0 Å². The van der Waals surface area contributed by atoms with Crippen molar-refractivity contribution in [1.29, 1.82) is 0 Å². The number of benzene rings is 1. The number of amides is 1. The molecule has 1 aromatic carbocycles. The van der Waals surface area contributed by atoms with Gasteiger partial charge in [-0.05, 0) is 12.3 Å². The number of nitrogens with zero attached hydrogens (tertiary/aromatic N) is 4. The standard InChI is InChI=1S/C21H29N5O/c1-16(2)9-10-22-19-15-20(26-13-11-25(12-14-26)17(3)27)24-21(23-19)18-7-5-4-6-8-18/h4-8,15-16H,9-14H2,1-3H3,(H,22,23,24). The van der Waals surface area contributed by atoms with Crippen molar-refractivity contribution < 1.29 is 4.79 Å². The summed E-state index contributed by atoms with van der Waals surface area (Å²) < 4.78 is 0. The summed E-state index contributed by atoms with van der Waals surface area (Å²) in [4.78, 5) is 25.2. The topological polar surface area (TPSA) is 61.4 Å². The van der Waals surface area contributed by atoms with Crippen molar-refractivity contribution in [1.82, 2.24) is 14.9 Å². The third kappa shape index (κ3) is 5.18. The molecule has 3 rings (SSSR count). The Morgan fingerprint density at radius 1 is 1.11 bits per heavy atom. The van der Waals surface area contributed by atoms with Crippen molar-refractivity contribution in [3.63, 3.8) is 0 Å². The fourth-order valence-corrected chi connectivity index (χ4v) is 3.14. The van der Waals surface area contributed by atoms with E-state index in [9.17, 15) is 4.79 Å². The number of aromatic nitrogens is 2. The van der Waals surface area contributed by atoms with Crippen LogP contribution in [0.3, 0.4) is 0 Å². The zero-order valence-corrected chi connectivity index (χ0v) is 16.5. The number of carbonyl (C=O) groups excluding carboxylic acids is 1. The first-order valence-electron chi connectivity index (χ1n) is 9.72. The summed E-state index contributed by atoms with van der Waals surface area (Å²) in [7, 11) is 0. The third-order valence-corrected chi connectivity index (χ3v) is 4.82. The molecule has 1 aromatic heterocycles. The van der Waals surface area contributed by atoms with Gasteiger partial charge in [0, 0.05) is 51.3 Å². The minimum Gasteiger partial charge on any atom is -0.370 e. The molecule has 144 valence electrons. The number of carbonyl (C=O) groups is 1. The van der Waals surface area contributed by atoms with Crippen molar-refractivity contribution in [2.75, 3.05) is 42.9 Å². The van der Waals surface area contributed by atoms with E-state index in [2.05, 4.69) is 24.1 Å². The van der Waals surface area contributed by atoms with E-state index in [-0.39, 0.29) is 5.91 Å². The lowest BCUT2D eigenvalue weighted by atomic mass is 10.1. The van der Waals surface area contributed by atoms with Crippen molar-refractivity contribution in [2.45, 2.75) is 27.2 Å². The van der Waals surface area contributed by atoms with Gasteiger partial charge in [0.25, 0.3) is 0 Å². The largest absolute Gasteiger partial charge is 0.370 e. The smallest absolute Gasteiger partial charge is 0.219 e. The molecule has 1 aliphatic heterocycles. The van der Waals surface area contributed by atoms with Crippen LogP contribution in [0, 0.1) is 5.92 Å². The van der Waals surface area contributed by atoms with Crippen LogP contribution in [0.2, 0.25) is 0 Å². The van der Waals surface area contributed by atoms with Gasteiger partial charge in [0.15, 0.2) is 5.82 Å². The van der Waals surface area contributed by atoms with Gasteiger partial charge in [-0.25, -0.2) is 9.97 Å². The molecule has 0 bridgehead atoms. The Morgan fingerprint density at radius 2 is 1.81 bits per heavy atom. The van der Waals surface area contributed by atoms with Crippen LogP contribution in [0.4, 0.5) is 11.6 Å². The second-order valence-electron chi connectivity index (χ2n) is 7.40. The van der Waals surface area contributed by atoms with Gasteiger partial charge >= 0.3 is 0 Å². The van der Waals surface area contributed by atoms with Crippen LogP contribution in [0.25, 0.3) is 11.4 Å². The molecular weight excluding hydrogens is 338 g/mol. The molecule has 1 saturated heterocycles. The maximum Gasteiger partial charge on any atom is 0.219 e. The van der Waals surface area contributed by atoms with Gasteiger partial charge in [0.1, 0.15) is 11.6 Å². The van der Waals surface area contributed by atoms with Gasteiger partial charge in [-0.15, -0.1) is 0 Å². The predicted molar refractivity (Wildman–Crippen MR) is 110 cm³/mol. The predicted octanol–water partition coefficient (Wildman–Crippen LogP) is 3.27. The molecule has 27 heavy (non-hydrogen) atoms. The van der Waals surface area contributed by atoms with Crippen LogP contribution in [-0.2, 0) is 4.79 Å². The number of piperazine rings is 1. The Bertz CT molecular complexity index is 754. The summed E-state index contributed by atoms with van der Waals surface area (Å²) in [6.45, 7) is 10.00. The van der Waals surface area contributed by atoms with Gasteiger partial charge < -0.3 is 15.1 Å². The summed E-state index contributed by atoms with van der Waals surface area (Å²) in [5.74, 6) is 3.28. The maximum atomic E-state index is 11.6. The van der Waals surface area contributed by atoms with Crippen LogP contribution in [-0.4, -0.2) is 53.5 Å². The molecule has 6 nitrogen and oxygen atoms in total. The fraction of sp³-hybridized carbons (Fsp3) is 0.476. The van der Waals surface area contributed by atoms with Crippen LogP contribution < -0.4 is 10.2 Å². The monoisotopic (exact) mass is 367 g/mol. The summed E-state index contributed by atoms with van der Waals surface area (Å²) in [5.41, 5.74) is 1.01. The Hall–Kier alpha value is -2.63. The van der Waals surface area contributed by atoms with E-state index in [1.54, 1.807) is 6.92 Å². The van der Waals surface area contributed by atoms with Crippen LogP contribution in [0.1, 0.15) is 27.2 Å². The number of anilines is 2.